The first kappa shape index (κ1) is 10.1. The lowest BCUT2D eigenvalue weighted by atomic mass is 9.96. The highest BCUT2D eigenvalue weighted by atomic mass is 16.3. The predicted molar refractivity (Wildman–Crippen MR) is 53.4 cm³/mol. The SMILES string of the molecule is [B]c1cccc(NCC(O)CO)c1. The van der Waals surface area contributed by atoms with Crippen molar-refractivity contribution >= 4 is 19.0 Å². The Bertz CT molecular complexity index is 268. The zero-order valence-corrected chi connectivity index (χ0v) is 7.27. The van der Waals surface area contributed by atoms with Crippen molar-refractivity contribution in [2.75, 3.05) is 18.5 Å². The van der Waals surface area contributed by atoms with E-state index in [-0.39, 0.29) is 6.61 Å². The van der Waals surface area contributed by atoms with Gasteiger partial charge in [0.25, 0.3) is 0 Å². The Kier molecular flexibility index (Phi) is 3.80. The highest BCUT2D eigenvalue weighted by Crippen LogP contribution is 2.02. The first-order chi connectivity index (χ1) is 6.22. The molecular formula is C9H12BNO2. The van der Waals surface area contributed by atoms with Gasteiger partial charge in [-0.25, -0.2) is 0 Å². The Morgan fingerprint density at radius 2 is 2.23 bits per heavy atom. The summed E-state index contributed by atoms with van der Waals surface area (Å²) < 4.78 is 0. The van der Waals surface area contributed by atoms with E-state index in [1.807, 2.05) is 12.1 Å². The maximum absolute atomic E-state index is 9.04. The molecule has 0 aliphatic carbocycles. The highest BCUT2D eigenvalue weighted by Gasteiger charge is 2.00. The van der Waals surface area contributed by atoms with Crippen LogP contribution in [0.3, 0.4) is 0 Å². The van der Waals surface area contributed by atoms with Crippen LogP contribution in [0.2, 0.25) is 0 Å². The molecule has 0 aliphatic heterocycles. The van der Waals surface area contributed by atoms with E-state index in [2.05, 4.69) is 5.32 Å². The van der Waals surface area contributed by atoms with Crippen LogP contribution in [0.25, 0.3) is 0 Å². The molecule has 0 aromatic heterocycles. The molecule has 68 valence electrons. The maximum atomic E-state index is 9.04. The Morgan fingerprint density at radius 3 is 2.85 bits per heavy atom. The van der Waals surface area contributed by atoms with E-state index in [1.165, 1.54) is 0 Å². The number of benzene rings is 1. The van der Waals surface area contributed by atoms with E-state index >= 15 is 0 Å². The van der Waals surface area contributed by atoms with E-state index in [4.69, 9.17) is 18.1 Å². The topological polar surface area (TPSA) is 52.5 Å². The molecule has 3 N–H and O–H groups in total. The quantitative estimate of drug-likeness (QED) is 0.530. The summed E-state index contributed by atoms with van der Waals surface area (Å²) in [6, 6.07) is 7.22. The maximum Gasteiger partial charge on any atom is 0.113 e. The van der Waals surface area contributed by atoms with Gasteiger partial charge in [-0.05, 0) is 12.1 Å². The number of aliphatic hydroxyl groups is 2. The predicted octanol–water partition coefficient (Wildman–Crippen LogP) is -0.755. The lowest BCUT2D eigenvalue weighted by Gasteiger charge is -2.10. The van der Waals surface area contributed by atoms with E-state index in [9.17, 15) is 0 Å². The molecule has 1 rings (SSSR count). The van der Waals surface area contributed by atoms with Crippen molar-refractivity contribution in [3.8, 4) is 0 Å². The molecule has 1 atom stereocenters. The molecule has 0 amide bonds. The molecular weight excluding hydrogens is 165 g/mol. The fourth-order valence-corrected chi connectivity index (χ4v) is 0.949. The van der Waals surface area contributed by atoms with Crippen LogP contribution in [0, 0.1) is 0 Å². The standard InChI is InChI=1S/C9H12BNO2/c10-7-2-1-3-8(4-7)11-5-9(13)6-12/h1-4,9,11-13H,5-6H2. The summed E-state index contributed by atoms with van der Waals surface area (Å²) in [5.41, 5.74) is 1.51. The number of nitrogens with one attached hydrogen (secondary N) is 1. The van der Waals surface area contributed by atoms with Gasteiger partial charge in [0, 0.05) is 12.2 Å². The first-order valence-electron chi connectivity index (χ1n) is 4.10. The molecule has 1 unspecified atom stereocenters. The zero-order chi connectivity index (χ0) is 9.68. The van der Waals surface area contributed by atoms with Crippen LogP contribution in [0.15, 0.2) is 24.3 Å². The van der Waals surface area contributed by atoms with Crippen molar-refractivity contribution in [1.29, 1.82) is 0 Å². The number of hydrogen-bond donors (Lipinski definition) is 3. The third-order valence-corrected chi connectivity index (χ3v) is 1.64. The molecule has 1 aromatic rings. The van der Waals surface area contributed by atoms with Gasteiger partial charge in [-0.3, -0.25) is 0 Å². The van der Waals surface area contributed by atoms with Crippen LogP contribution in [0.1, 0.15) is 0 Å². The summed E-state index contributed by atoms with van der Waals surface area (Å²) in [5.74, 6) is 0. The van der Waals surface area contributed by atoms with E-state index in [1.54, 1.807) is 12.1 Å². The molecule has 3 nitrogen and oxygen atoms in total. The lowest BCUT2D eigenvalue weighted by Crippen LogP contribution is -2.23. The summed E-state index contributed by atoms with van der Waals surface area (Å²) in [6.07, 6.45) is -0.735. The normalized spacial score (nSPS) is 12.5. The molecule has 0 saturated heterocycles. The second-order valence-electron chi connectivity index (χ2n) is 2.84. The van der Waals surface area contributed by atoms with Gasteiger partial charge in [-0.15, -0.1) is 0 Å². The van der Waals surface area contributed by atoms with Gasteiger partial charge in [-0.2, -0.15) is 0 Å². The van der Waals surface area contributed by atoms with Gasteiger partial charge in [0.2, 0.25) is 0 Å². The smallest absolute Gasteiger partial charge is 0.113 e. The van der Waals surface area contributed by atoms with Crippen molar-refractivity contribution in [1.82, 2.24) is 0 Å². The molecule has 0 fully saturated rings. The Balaban J connectivity index is 2.45. The Hall–Kier alpha value is -0.995. The van der Waals surface area contributed by atoms with E-state index in [0.29, 0.717) is 12.0 Å². The lowest BCUT2D eigenvalue weighted by molar-refractivity contribution is 0.105. The van der Waals surface area contributed by atoms with E-state index in [0.717, 1.165) is 5.69 Å². The molecule has 4 heteroatoms. The summed E-state index contributed by atoms with van der Waals surface area (Å²) in [6.45, 7) is 0.0786. The number of aliphatic hydroxyl groups excluding tert-OH is 2. The second kappa shape index (κ2) is 4.89. The van der Waals surface area contributed by atoms with E-state index < -0.39 is 6.10 Å². The highest BCUT2D eigenvalue weighted by molar-refractivity contribution is 6.32. The summed E-state index contributed by atoms with van der Waals surface area (Å²) >= 11 is 0. The number of anilines is 1. The van der Waals surface area contributed by atoms with Crippen LogP contribution in [-0.2, 0) is 0 Å². The zero-order valence-electron chi connectivity index (χ0n) is 7.27. The molecule has 2 radical (unpaired) electrons. The molecule has 0 bridgehead atoms. The third-order valence-electron chi connectivity index (χ3n) is 1.64. The first-order valence-corrected chi connectivity index (χ1v) is 4.10. The van der Waals surface area contributed by atoms with Gasteiger partial charge >= 0.3 is 0 Å². The minimum atomic E-state index is -0.735. The molecule has 0 aliphatic rings. The van der Waals surface area contributed by atoms with Gasteiger partial charge in [0.15, 0.2) is 0 Å². The molecule has 0 saturated carbocycles. The molecule has 1 aromatic carbocycles. The van der Waals surface area contributed by atoms with Gasteiger partial charge < -0.3 is 15.5 Å². The van der Waals surface area contributed by atoms with Crippen LogP contribution in [0.5, 0.6) is 0 Å². The minimum absolute atomic E-state index is 0.241. The average Bonchev–Trinajstić information content (AvgIpc) is 2.14. The van der Waals surface area contributed by atoms with Crippen molar-refractivity contribution in [3.63, 3.8) is 0 Å². The van der Waals surface area contributed by atoms with Crippen molar-refractivity contribution in [2.24, 2.45) is 0 Å². The molecule has 0 spiro atoms. The van der Waals surface area contributed by atoms with Crippen LogP contribution in [0.4, 0.5) is 5.69 Å². The third kappa shape index (κ3) is 3.48. The summed E-state index contributed by atoms with van der Waals surface area (Å²) in [7, 11) is 5.55. The Labute approximate surface area is 78.8 Å². The Morgan fingerprint density at radius 1 is 1.46 bits per heavy atom. The minimum Gasteiger partial charge on any atom is -0.394 e. The van der Waals surface area contributed by atoms with Crippen molar-refractivity contribution in [2.45, 2.75) is 6.10 Å². The van der Waals surface area contributed by atoms with Crippen LogP contribution < -0.4 is 10.8 Å². The fraction of sp³-hybridized carbons (Fsp3) is 0.333. The number of hydrogen-bond acceptors (Lipinski definition) is 3. The van der Waals surface area contributed by atoms with Gasteiger partial charge in [0.1, 0.15) is 7.85 Å². The largest absolute Gasteiger partial charge is 0.394 e. The summed E-state index contributed by atoms with van der Waals surface area (Å²) in [4.78, 5) is 0. The summed E-state index contributed by atoms with van der Waals surface area (Å²) in [5, 5.41) is 20.5. The molecule has 0 heterocycles. The van der Waals surface area contributed by atoms with Crippen molar-refractivity contribution < 1.29 is 10.2 Å². The second-order valence-corrected chi connectivity index (χ2v) is 2.84. The monoisotopic (exact) mass is 177 g/mol. The van der Waals surface area contributed by atoms with Crippen molar-refractivity contribution in [3.05, 3.63) is 24.3 Å². The van der Waals surface area contributed by atoms with Crippen LogP contribution >= 0.6 is 0 Å². The average molecular weight is 177 g/mol. The van der Waals surface area contributed by atoms with Gasteiger partial charge in [-0.1, -0.05) is 17.6 Å². The van der Waals surface area contributed by atoms with Gasteiger partial charge in [0.05, 0.1) is 12.7 Å². The fourth-order valence-electron chi connectivity index (χ4n) is 0.949. The van der Waals surface area contributed by atoms with Crippen LogP contribution in [-0.4, -0.2) is 37.3 Å². The number of rotatable bonds is 4. The molecule has 13 heavy (non-hydrogen) atoms.